The summed E-state index contributed by atoms with van der Waals surface area (Å²) in [6, 6.07) is 0. The van der Waals surface area contributed by atoms with Crippen LogP contribution >= 0.6 is 11.8 Å². The fourth-order valence-corrected chi connectivity index (χ4v) is 2.30. The van der Waals surface area contributed by atoms with E-state index in [0.29, 0.717) is 12.4 Å². The predicted octanol–water partition coefficient (Wildman–Crippen LogP) is -1.45. The van der Waals surface area contributed by atoms with E-state index in [1.54, 1.807) is 0 Å². The number of carbonyl (C=O) groups excluding carboxylic acids is 2. The van der Waals surface area contributed by atoms with Crippen molar-refractivity contribution in [3.63, 3.8) is 0 Å². The third kappa shape index (κ3) is 2.08. The van der Waals surface area contributed by atoms with Gasteiger partial charge in [-0.3, -0.25) is 9.59 Å². The van der Waals surface area contributed by atoms with Crippen LogP contribution < -0.4 is 4.90 Å². The Morgan fingerprint density at radius 3 is 2.64 bits per heavy atom. The average Bonchev–Trinajstić information content (AvgIpc) is 2.51. The molecule has 0 aromatic rings. The molecule has 2 heterocycles. The van der Waals surface area contributed by atoms with Crippen molar-refractivity contribution in [1.29, 1.82) is 0 Å². The fourth-order valence-electron chi connectivity index (χ4n) is 1.58. The van der Waals surface area contributed by atoms with Crippen molar-refractivity contribution in [3.05, 3.63) is 0 Å². The van der Waals surface area contributed by atoms with Gasteiger partial charge in [-0.25, -0.2) is 4.90 Å². The summed E-state index contributed by atoms with van der Waals surface area (Å²) in [5.74, 6) is 0.252. The number of amides is 2. The summed E-state index contributed by atoms with van der Waals surface area (Å²) in [5.41, 5.74) is 0. The Bertz CT molecular complexity index is 237. The molecule has 0 aromatic carbocycles. The molecule has 0 atom stereocenters. The summed E-state index contributed by atoms with van der Waals surface area (Å²) < 4.78 is 5.20. The lowest BCUT2D eigenvalue weighted by molar-refractivity contribution is -0.915. The summed E-state index contributed by atoms with van der Waals surface area (Å²) in [6.45, 7) is 3.70. The minimum atomic E-state index is -0.103. The van der Waals surface area contributed by atoms with E-state index in [2.05, 4.69) is 0 Å². The van der Waals surface area contributed by atoms with Gasteiger partial charge in [-0.2, -0.15) is 0 Å². The largest absolute Gasteiger partial charge is 0.370 e. The average molecular weight is 217 g/mol. The molecule has 0 aliphatic carbocycles. The van der Waals surface area contributed by atoms with Crippen molar-refractivity contribution in [2.24, 2.45) is 0 Å². The summed E-state index contributed by atoms with van der Waals surface area (Å²) in [5, 5.41) is -0.103. The number of ether oxygens (including phenoxy) is 1. The third-order valence-corrected chi connectivity index (χ3v) is 3.28. The van der Waals surface area contributed by atoms with E-state index in [-0.39, 0.29) is 11.1 Å². The Kier molecular flexibility index (Phi) is 3.05. The normalized spacial score (nSPS) is 24.7. The quantitative estimate of drug-likeness (QED) is 0.615. The van der Waals surface area contributed by atoms with Crippen molar-refractivity contribution in [2.75, 3.05) is 38.7 Å². The van der Waals surface area contributed by atoms with E-state index < -0.39 is 0 Å². The molecule has 1 N–H and O–H groups in total. The minimum Gasteiger partial charge on any atom is -0.370 e. The van der Waals surface area contributed by atoms with Crippen LogP contribution in [-0.2, 0) is 9.53 Å². The van der Waals surface area contributed by atoms with Gasteiger partial charge in [-0.15, -0.1) is 0 Å². The van der Waals surface area contributed by atoms with Gasteiger partial charge in [-0.1, -0.05) is 11.8 Å². The van der Waals surface area contributed by atoms with Crippen LogP contribution in [0.4, 0.5) is 4.79 Å². The number of nitrogens with zero attached hydrogens (tertiary/aromatic N) is 1. The summed E-state index contributed by atoms with van der Waals surface area (Å²) in [7, 11) is 0. The maximum absolute atomic E-state index is 11.3. The molecule has 78 valence electrons. The zero-order valence-electron chi connectivity index (χ0n) is 7.82. The second-order valence-electron chi connectivity index (χ2n) is 3.40. The zero-order valence-corrected chi connectivity index (χ0v) is 8.64. The van der Waals surface area contributed by atoms with Gasteiger partial charge in [-0.05, 0) is 0 Å². The Morgan fingerprint density at radius 2 is 2.07 bits per heavy atom. The zero-order chi connectivity index (χ0) is 9.97. The lowest BCUT2D eigenvalue weighted by Crippen LogP contribution is -3.15. The number of quaternary nitrogens is 1. The van der Waals surface area contributed by atoms with Crippen LogP contribution in [-0.4, -0.2) is 54.8 Å². The molecule has 0 unspecified atom stereocenters. The second-order valence-corrected chi connectivity index (χ2v) is 4.32. The standard InChI is InChI=1S/C8H12N2O3S/c11-7-5-14-8(12)10(7)6-9-1-3-13-4-2-9/h1-6H2/p+1. The molecule has 2 rings (SSSR count). The second kappa shape index (κ2) is 4.29. The van der Waals surface area contributed by atoms with Gasteiger partial charge in [0.2, 0.25) is 5.91 Å². The number of carbonyl (C=O) groups is 2. The highest BCUT2D eigenvalue weighted by molar-refractivity contribution is 8.14. The molecule has 2 amide bonds. The maximum Gasteiger partial charge on any atom is 0.293 e. The van der Waals surface area contributed by atoms with E-state index >= 15 is 0 Å². The summed E-state index contributed by atoms with van der Waals surface area (Å²) >= 11 is 1.09. The Labute approximate surface area is 86.4 Å². The summed E-state index contributed by atoms with van der Waals surface area (Å²) in [4.78, 5) is 25.2. The molecule has 2 aliphatic heterocycles. The van der Waals surface area contributed by atoms with Crippen molar-refractivity contribution in [3.8, 4) is 0 Å². The van der Waals surface area contributed by atoms with Crippen LogP contribution in [0.2, 0.25) is 0 Å². The number of rotatable bonds is 2. The molecule has 0 spiro atoms. The number of imide groups is 1. The van der Waals surface area contributed by atoms with Crippen molar-refractivity contribution < 1.29 is 19.2 Å². The van der Waals surface area contributed by atoms with Crippen molar-refractivity contribution in [1.82, 2.24) is 4.90 Å². The number of hydrogen-bond acceptors (Lipinski definition) is 4. The van der Waals surface area contributed by atoms with Crippen molar-refractivity contribution in [2.45, 2.75) is 0 Å². The van der Waals surface area contributed by atoms with E-state index in [1.165, 1.54) is 9.80 Å². The van der Waals surface area contributed by atoms with E-state index in [4.69, 9.17) is 4.74 Å². The molecular formula is C8H13N2O3S+. The van der Waals surface area contributed by atoms with Gasteiger partial charge < -0.3 is 9.64 Å². The van der Waals surface area contributed by atoms with Crippen LogP contribution in [0, 0.1) is 0 Å². The maximum atomic E-state index is 11.3. The van der Waals surface area contributed by atoms with Gasteiger partial charge >= 0.3 is 0 Å². The van der Waals surface area contributed by atoms with Crippen LogP contribution in [0.15, 0.2) is 0 Å². The highest BCUT2D eigenvalue weighted by Crippen LogP contribution is 2.16. The first-order valence-corrected chi connectivity index (χ1v) is 5.64. The number of morpholine rings is 1. The van der Waals surface area contributed by atoms with Gasteiger partial charge in [0.1, 0.15) is 13.1 Å². The molecule has 2 aliphatic rings. The molecular weight excluding hydrogens is 204 g/mol. The molecule has 0 bridgehead atoms. The Hall–Kier alpha value is -0.590. The first kappa shape index (κ1) is 9.95. The van der Waals surface area contributed by atoms with Crippen LogP contribution in [0.3, 0.4) is 0 Å². The first-order valence-electron chi connectivity index (χ1n) is 4.66. The molecule has 14 heavy (non-hydrogen) atoms. The molecule has 0 saturated carbocycles. The number of nitrogens with one attached hydrogen (secondary N) is 1. The third-order valence-electron chi connectivity index (χ3n) is 2.42. The van der Waals surface area contributed by atoms with Crippen LogP contribution in [0.1, 0.15) is 0 Å². The smallest absolute Gasteiger partial charge is 0.293 e. The number of thioether (sulfide) groups is 1. The minimum absolute atomic E-state index is 0.0565. The first-order chi connectivity index (χ1) is 6.77. The molecule has 5 nitrogen and oxygen atoms in total. The molecule has 6 heteroatoms. The Morgan fingerprint density at radius 1 is 1.36 bits per heavy atom. The molecule has 0 aromatic heterocycles. The predicted molar refractivity (Wildman–Crippen MR) is 51.1 cm³/mol. The number of hydrogen-bond donors (Lipinski definition) is 1. The van der Waals surface area contributed by atoms with Gasteiger partial charge in [0.25, 0.3) is 5.24 Å². The fraction of sp³-hybridized carbons (Fsp3) is 0.750. The topological polar surface area (TPSA) is 51.0 Å². The van der Waals surface area contributed by atoms with E-state index in [9.17, 15) is 9.59 Å². The van der Waals surface area contributed by atoms with Gasteiger partial charge in [0.05, 0.1) is 19.0 Å². The molecule has 2 saturated heterocycles. The van der Waals surface area contributed by atoms with Crippen LogP contribution in [0.5, 0.6) is 0 Å². The van der Waals surface area contributed by atoms with Crippen molar-refractivity contribution >= 4 is 22.9 Å². The highest BCUT2D eigenvalue weighted by Gasteiger charge is 2.33. The lowest BCUT2D eigenvalue weighted by Gasteiger charge is -2.26. The summed E-state index contributed by atoms with van der Waals surface area (Å²) in [6.07, 6.45) is 0. The van der Waals surface area contributed by atoms with Gasteiger partial charge in [0, 0.05) is 0 Å². The van der Waals surface area contributed by atoms with E-state index in [0.717, 1.165) is 38.1 Å². The van der Waals surface area contributed by atoms with Gasteiger partial charge in [0.15, 0.2) is 6.67 Å². The lowest BCUT2D eigenvalue weighted by atomic mass is 10.4. The van der Waals surface area contributed by atoms with E-state index in [1.807, 2.05) is 0 Å². The monoisotopic (exact) mass is 217 g/mol. The SMILES string of the molecule is O=C1CSC(=O)N1C[NH+]1CCOCC1. The Balaban J connectivity index is 1.89. The molecule has 2 fully saturated rings. The molecule has 0 radical (unpaired) electrons. The van der Waals surface area contributed by atoms with Crippen LogP contribution in [0.25, 0.3) is 0 Å². The highest BCUT2D eigenvalue weighted by atomic mass is 32.2.